The number of nitrogens with one attached hydrogen (secondary N) is 2. The molecule has 2 N–H and O–H groups in total. The van der Waals surface area contributed by atoms with Crippen molar-refractivity contribution in [1.82, 2.24) is 19.7 Å². The van der Waals surface area contributed by atoms with Crippen LogP contribution >= 0.6 is 23.1 Å². The Morgan fingerprint density at radius 2 is 2.00 bits per heavy atom. The van der Waals surface area contributed by atoms with Crippen LogP contribution < -0.4 is 10.6 Å². The first-order valence-corrected chi connectivity index (χ1v) is 11.0. The third kappa shape index (κ3) is 5.74. The number of carbonyl (C=O) groups excluding carboxylic acids is 3. The lowest BCUT2D eigenvalue weighted by Crippen LogP contribution is -2.18. The topological polar surface area (TPSA) is 119 Å². The summed E-state index contributed by atoms with van der Waals surface area (Å²) in [6, 6.07) is 6.78. The van der Waals surface area contributed by atoms with E-state index in [0.29, 0.717) is 33.9 Å². The number of carbonyl (C=O) groups is 3. The second-order valence-corrected chi connectivity index (χ2v) is 8.02. The molecule has 0 bridgehead atoms. The van der Waals surface area contributed by atoms with Crippen molar-refractivity contribution >= 4 is 51.5 Å². The van der Waals surface area contributed by atoms with Crippen LogP contribution in [-0.4, -0.2) is 43.1 Å². The van der Waals surface area contributed by atoms with Crippen molar-refractivity contribution in [2.24, 2.45) is 0 Å². The Bertz CT molecular complexity index is 1050. The number of aromatic nitrogens is 4. The first-order valence-electron chi connectivity index (χ1n) is 9.11. The van der Waals surface area contributed by atoms with Gasteiger partial charge in [0.05, 0.1) is 12.2 Å². The van der Waals surface area contributed by atoms with E-state index in [1.54, 1.807) is 40.4 Å². The molecule has 11 heteroatoms. The summed E-state index contributed by atoms with van der Waals surface area (Å²) in [6.45, 7) is 3.96. The van der Waals surface area contributed by atoms with Gasteiger partial charge in [-0.2, -0.15) is 0 Å². The van der Waals surface area contributed by atoms with Crippen molar-refractivity contribution in [3.8, 4) is 0 Å². The lowest BCUT2D eigenvalue weighted by Gasteiger charge is -2.08. The van der Waals surface area contributed by atoms with Crippen molar-refractivity contribution in [1.29, 1.82) is 0 Å². The molecule has 3 rings (SSSR count). The van der Waals surface area contributed by atoms with Crippen molar-refractivity contribution in [3.63, 3.8) is 0 Å². The number of Topliss-reactive ketones (excluding diaryl/α,β-unsaturated/α-hetero) is 1. The van der Waals surface area contributed by atoms with Crippen LogP contribution in [0.2, 0.25) is 0 Å². The van der Waals surface area contributed by atoms with Gasteiger partial charge in [-0.25, -0.2) is 4.98 Å². The van der Waals surface area contributed by atoms with Crippen molar-refractivity contribution in [2.45, 2.75) is 32.0 Å². The molecule has 0 aliphatic carbocycles. The molecule has 0 aliphatic heterocycles. The first kappa shape index (κ1) is 21.7. The van der Waals surface area contributed by atoms with Gasteiger partial charge in [0.1, 0.15) is 5.82 Å². The van der Waals surface area contributed by atoms with Gasteiger partial charge in [0.2, 0.25) is 11.8 Å². The molecule has 0 radical (unpaired) electrons. The lowest BCUT2D eigenvalue weighted by molar-refractivity contribution is -0.116. The summed E-state index contributed by atoms with van der Waals surface area (Å²) in [5.41, 5.74) is 1.09. The van der Waals surface area contributed by atoms with Gasteiger partial charge in [0, 0.05) is 29.4 Å². The zero-order chi connectivity index (χ0) is 21.5. The fourth-order valence-corrected chi connectivity index (χ4v) is 3.98. The Morgan fingerprint density at radius 1 is 1.17 bits per heavy atom. The summed E-state index contributed by atoms with van der Waals surface area (Å²) in [4.78, 5) is 40.0. The highest BCUT2D eigenvalue weighted by molar-refractivity contribution is 7.99. The maximum atomic E-state index is 12.3. The fraction of sp³-hybridized carbons (Fsp3) is 0.263. The summed E-state index contributed by atoms with van der Waals surface area (Å²) in [7, 11) is 0. The Labute approximate surface area is 181 Å². The molecule has 0 aliphatic rings. The minimum Gasteiger partial charge on any atom is -0.325 e. The minimum absolute atomic E-state index is 0.0605. The highest BCUT2D eigenvalue weighted by Crippen LogP contribution is 2.19. The minimum atomic E-state index is -0.230. The Kier molecular flexibility index (Phi) is 7.31. The molecule has 0 unspecified atom stereocenters. The number of amides is 2. The van der Waals surface area contributed by atoms with Crippen LogP contribution in [0.15, 0.2) is 41.0 Å². The SMILES string of the molecule is CCn1c(CC(=O)Nc2nccs2)nnc1SCC(=O)Nc1cccc(C(C)=O)c1. The van der Waals surface area contributed by atoms with Gasteiger partial charge in [-0.3, -0.25) is 14.4 Å². The van der Waals surface area contributed by atoms with Crippen LogP contribution in [0.5, 0.6) is 0 Å². The van der Waals surface area contributed by atoms with E-state index in [-0.39, 0.29) is 29.8 Å². The van der Waals surface area contributed by atoms with Gasteiger partial charge in [-0.05, 0) is 26.0 Å². The highest BCUT2D eigenvalue weighted by atomic mass is 32.2. The third-order valence-corrected chi connectivity index (χ3v) is 5.65. The van der Waals surface area contributed by atoms with Crippen molar-refractivity contribution in [2.75, 3.05) is 16.4 Å². The van der Waals surface area contributed by atoms with E-state index in [1.165, 1.54) is 30.0 Å². The molecule has 0 saturated heterocycles. The number of anilines is 2. The van der Waals surface area contributed by atoms with Gasteiger partial charge >= 0.3 is 0 Å². The van der Waals surface area contributed by atoms with Crippen molar-refractivity contribution in [3.05, 3.63) is 47.2 Å². The highest BCUT2D eigenvalue weighted by Gasteiger charge is 2.16. The van der Waals surface area contributed by atoms with Crippen LogP contribution in [0.1, 0.15) is 30.0 Å². The third-order valence-electron chi connectivity index (χ3n) is 3.99. The van der Waals surface area contributed by atoms with Crippen LogP contribution in [0.4, 0.5) is 10.8 Å². The zero-order valence-electron chi connectivity index (χ0n) is 16.4. The van der Waals surface area contributed by atoms with Gasteiger partial charge < -0.3 is 15.2 Å². The quantitative estimate of drug-likeness (QED) is 0.385. The summed E-state index contributed by atoms with van der Waals surface area (Å²) < 4.78 is 1.80. The molecule has 2 amide bonds. The van der Waals surface area contributed by atoms with E-state index in [2.05, 4.69) is 25.8 Å². The van der Waals surface area contributed by atoms with Crippen LogP contribution in [0.3, 0.4) is 0 Å². The smallest absolute Gasteiger partial charge is 0.234 e. The number of thioether (sulfide) groups is 1. The van der Waals surface area contributed by atoms with E-state index in [4.69, 9.17) is 0 Å². The van der Waals surface area contributed by atoms with E-state index < -0.39 is 0 Å². The number of thiazole rings is 1. The number of ketones is 1. The molecule has 0 atom stereocenters. The Balaban J connectivity index is 1.57. The number of rotatable bonds is 9. The lowest BCUT2D eigenvalue weighted by atomic mass is 10.1. The number of hydrogen-bond donors (Lipinski definition) is 2. The largest absolute Gasteiger partial charge is 0.325 e. The monoisotopic (exact) mass is 444 g/mol. The molecule has 0 fully saturated rings. The first-order chi connectivity index (χ1) is 14.5. The van der Waals surface area contributed by atoms with Gasteiger partial charge in [0.15, 0.2) is 16.1 Å². The molecule has 0 spiro atoms. The van der Waals surface area contributed by atoms with Gasteiger partial charge in [-0.1, -0.05) is 23.9 Å². The van der Waals surface area contributed by atoms with E-state index in [9.17, 15) is 14.4 Å². The van der Waals surface area contributed by atoms with E-state index in [0.717, 1.165) is 0 Å². The second-order valence-electron chi connectivity index (χ2n) is 6.18. The van der Waals surface area contributed by atoms with E-state index in [1.807, 2.05) is 6.92 Å². The maximum Gasteiger partial charge on any atom is 0.234 e. The zero-order valence-corrected chi connectivity index (χ0v) is 18.0. The van der Waals surface area contributed by atoms with Crippen LogP contribution in [0.25, 0.3) is 0 Å². The molecular weight excluding hydrogens is 424 g/mol. The molecular formula is C19H20N6O3S2. The molecule has 30 heavy (non-hydrogen) atoms. The molecule has 3 aromatic rings. The Morgan fingerprint density at radius 3 is 2.70 bits per heavy atom. The Hall–Kier alpha value is -3.05. The summed E-state index contributed by atoms with van der Waals surface area (Å²) in [5.74, 6) is 0.112. The molecule has 9 nitrogen and oxygen atoms in total. The van der Waals surface area contributed by atoms with Gasteiger partial charge in [-0.15, -0.1) is 21.5 Å². The number of nitrogens with zero attached hydrogens (tertiary/aromatic N) is 4. The molecule has 1 aromatic carbocycles. The molecule has 2 aromatic heterocycles. The summed E-state index contributed by atoms with van der Waals surface area (Å²) in [6.07, 6.45) is 1.68. The van der Waals surface area contributed by atoms with Gasteiger partial charge in [0.25, 0.3) is 0 Å². The average molecular weight is 445 g/mol. The van der Waals surface area contributed by atoms with Crippen molar-refractivity contribution < 1.29 is 14.4 Å². The molecule has 0 saturated carbocycles. The predicted molar refractivity (Wildman–Crippen MR) is 116 cm³/mol. The standard InChI is InChI=1S/C19H20N6O3S2/c1-3-25-15(10-16(27)22-18-20-7-8-29-18)23-24-19(25)30-11-17(28)21-14-6-4-5-13(9-14)12(2)26/h4-9H,3,10-11H2,1-2H3,(H,21,28)(H,20,22,27). The normalized spacial score (nSPS) is 10.6. The predicted octanol–water partition coefficient (Wildman–Crippen LogP) is 2.87. The maximum absolute atomic E-state index is 12.3. The summed E-state index contributed by atoms with van der Waals surface area (Å²) >= 11 is 2.57. The van der Waals surface area contributed by atoms with E-state index >= 15 is 0 Å². The molecule has 156 valence electrons. The second kappa shape index (κ2) is 10.1. The average Bonchev–Trinajstić information content (AvgIpc) is 3.36. The van der Waals surface area contributed by atoms with Crippen LogP contribution in [0, 0.1) is 0 Å². The molecule has 2 heterocycles. The number of benzene rings is 1. The van der Waals surface area contributed by atoms with Crippen LogP contribution in [-0.2, 0) is 22.6 Å². The number of hydrogen-bond acceptors (Lipinski definition) is 8. The fourth-order valence-electron chi connectivity index (χ4n) is 2.61. The summed E-state index contributed by atoms with van der Waals surface area (Å²) in [5, 5.41) is 16.6.